The van der Waals surface area contributed by atoms with Crippen molar-refractivity contribution in [3.63, 3.8) is 0 Å². The van der Waals surface area contributed by atoms with E-state index >= 15 is 0 Å². The quantitative estimate of drug-likeness (QED) is 0.476. The molecule has 3 rings (SSSR count). The Kier molecular flexibility index (Phi) is 8.64. The van der Waals surface area contributed by atoms with Crippen molar-refractivity contribution in [3.05, 3.63) is 54.6 Å². The summed E-state index contributed by atoms with van der Waals surface area (Å²) in [5, 5.41) is 8.09. The summed E-state index contributed by atoms with van der Waals surface area (Å²) in [7, 11) is -3.84. The van der Waals surface area contributed by atoms with Crippen molar-refractivity contribution in [1.29, 1.82) is 0 Å². The van der Waals surface area contributed by atoms with Gasteiger partial charge in [0.2, 0.25) is 5.91 Å². The Bertz CT molecular complexity index is 1130. The van der Waals surface area contributed by atoms with Gasteiger partial charge in [-0.2, -0.15) is 0 Å². The van der Waals surface area contributed by atoms with Gasteiger partial charge in [0.1, 0.15) is 11.9 Å². The predicted molar refractivity (Wildman–Crippen MR) is 133 cm³/mol. The molecule has 182 valence electrons. The summed E-state index contributed by atoms with van der Waals surface area (Å²) in [4.78, 5) is 29.6. The molecule has 0 aromatic heterocycles. The van der Waals surface area contributed by atoms with E-state index in [1.54, 1.807) is 36.4 Å². The summed E-state index contributed by atoms with van der Waals surface area (Å²) in [6, 6.07) is 13.6. The Balaban J connectivity index is 1.67. The number of para-hydroxylation sites is 1. The van der Waals surface area contributed by atoms with E-state index in [0.29, 0.717) is 30.2 Å². The highest BCUT2D eigenvalue weighted by Gasteiger charge is 2.25. The first kappa shape index (κ1) is 25.2. The van der Waals surface area contributed by atoms with Gasteiger partial charge in [-0.1, -0.05) is 44.5 Å². The van der Waals surface area contributed by atoms with Crippen LogP contribution in [0.4, 0.5) is 16.2 Å². The number of urea groups is 1. The Morgan fingerprint density at radius 3 is 2.38 bits per heavy atom. The lowest BCUT2D eigenvalue weighted by molar-refractivity contribution is -0.118. The average Bonchev–Trinajstić information content (AvgIpc) is 3.06. The zero-order valence-corrected chi connectivity index (χ0v) is 20.2. The number of carbonyl (C=O) groups is 2. The van der Waals surface area contributed by atoms with Gasteiger partial charge in [-0.3, -0.25) is 14.5 Å². The molecule has 1 aliphatic heterocycles. The van der Waals surface area contributed by atoms with Gasteiger partial charge in [0.05, 0.1) is 4.90 Å². The second kappa shape index (κ2) is 11.6. The molecule has 1 aliphatic rings. The monoisotopic (exact) mass is 485 g/mol. The largest absolute Gasteiger partial charge is 0.326 e. The molecule has 2 aromatic rings. The molecule has 0 bridgehead atoms. The van der Waals surface area contributed by atoms with E-state index < -0.39 is 28.0 Å². The fourth-order valence-electron chi connectivity index (χ4n) is 3.50. The summed E-state index contributed by atoms with van der Waals surface area (Å²) in [5.74, 6) is -0.197. The average molecular weight is 486 g/mol. The third-order valence-corrected chi connectivity index (χ3v) is 6.68. The lowest BCUT2D eigenvalue weighted by Crippen LogP contribution is -2.48. The van der Waals surface area contributed by atoms with Gasteiger partial charge in [-0.25, -0.2) is 13.2 Å². The fraction of sp³-hybridized carbons (Fsp3) is 0.375. The Morgan fingerprint density at radius 1 is 0.912 bits per heavy atom. The van der Waals surface area contributed by atoms with Crippen molar-refractivity contribution < 1.29 is 18.0 Å². The predicted octanol–water partition coefficient (Wildman–Crippen LogP) is 3.72. The highest BCUT2D eigenvalue weighted by atomic mass is 32.2. The minimum absolute atomic E-state index is 0.0214. The van der Waals surface area contributed by atoms with Crippen molar-refractivity contribution in [2.75, 3.05) is 17.2 Å². The topological polar surface area (TPSA) is 129 Å². The fourth-order valence-corrected chi connectivity index (χ4v) is 4.63. The molecule has 10 heteroatoms. The van der Waals surface area contributed by atoms with Gasteiger partial charge in [0.15, 0.2) is 0 Å². The van der Waals surface area contributed by atoms with Gasteiger partial charge < -0.3 is 16.0 Å². The number of amidine groups is 1. The first-order chi connectivity index (χ1) is 16.2. The third-order valence-electron chi connectivity index (χ3n) is 5.31. The Hall–Kier alpha value is -3.40. The molecular weight excluding hydrogens is 454 g/mol. The first-order valence-corrected chi connectivity index (χ1v) is 12.8. The molecule has 34 heavy (non-hydrogen) atoms. The summed E-state index contributed by atoms with van der Waals surface area (Å²) in [6.45, 7) is 4.23. The van der Waals surface area contributed by atoms with Crippen LogP contribution in [0.2, 0.25) is 0 Å². The molecule has 2 aromatic carbocycles. The van der Waals surface area contributed by atoms with Crippen LogP contribution >= 0.6 is 0 Å². The summed E-state index contributed by atoms with van der Waals surface area (Å²) < 4.78 is 28.3. The smallest absolute Gasteiger partial charge is 0.319 e. The maximum atomic E-state index is 12.9. The molecule has 1 unspecified atom stereocenters. The van der Waals surface area contributed by atoms with Crippen molar-refractivity contribution in [3.8, 4) is 0 Å². The summed E-state index contributed by atoms with van der Waals surface area (Å²) in [5.41, 5.74) is 0.915. The molecule has 0 aliphatic carbocycles. The van der Waals surface area contributed by atoms with Crippen LogP contribution in [0.1, 0.15) is 39.5 Å². The van der Waals surface area contributed by atoms with E-state index in [1.807, 2.05) is 19.9 Å². The van der Waals surface area contributed by atoms with Crippen LogP contribution in [0.15, 0.2) is 64.5 Å². The van der Waals surface area contributed by atoms with E-state index in [-0.39, 0.29) is 10.8 Å². The summed E-state index contributed by atoms with van der Waals surface area (Å²) in [6.07, 6.45) is 3.44. The molecule has 3 amide bonds. The molecule has 1 atom stereocenters. The van der Waals surface area contributed by atoms with Crippen molar-refractivity contribution in [2.24, 2.45) is 10.9 Å². The van der Waals surface area contributed by atoms with Crippen LogP contribution in [0.3, 0.4) is 0 Å². The highest BCUT2D eigenvalue weighted by Crippen LogP contribution is 2.18. The van der Waals surface area contributed by atoms with Gasteiger partial charge in [0.25, 0.3) is 10.0 Å². The third kappa shape index (κ3) is 7.31. The van der Waals surface area contributed by atoms with E-state index in [0.717, 1.165) is 19.3 Å². The molecule has 1 heterocycles. The number of benzene rings is 2. The number of anilines is 2. The molecule has 0 spiro atoms. The molecule has 4 N–H and O–H groups in total. The van der Waals surface area contributed by atoms with Gasteiger partial charge in [-0.15, -0.1) is 0 Å². The minimum atomic E-state index is -3.84. The highest BCUT2D eigenvalue weighted by molar-refractivity contribution is 7.90. The van der Waals surface area contributed by atoms with E-state index in [4.69, 9.17) is 0 Å². The minimum Gasteiger partial charge on any atom is -0.326 e. The number of amides is 3. The van der Waals surface area contributed by atoms with Gasteiger partial charge in [-0.05, 0) is 49.1 Å². The van der Waals surface area contributed by atoms with Crippen molar-refractivity contribution >= 4 is 39.2 Å². The number of rotatable bonds is 7. The van der Waals surface area contributed by atoms with Gasteiger partial charge in [0, 0.05) is 24.3 Å². The lowest BCUT2D eigenvalue weighted by atomic mass is 10.0. The van der Waals surface area contributed by atoms with Crippen molar-refractivity contribution in [1.82, 2.24) is 10.0 Å². The number of nitrogens with one attached hydrogen (secondary N) is 4. The van der Waals surface area contributed by atoms with Crippen LogP contribution in [0, 0.1) is 5.92 Å². The van der Waals surface area contributed by atoms with E-state index in [1.165, 1.54) is 12.1 Å². The molecular formula is C24H31N5O4S. The number of hydrogen-bond donors (Lipinski definition) is 4. The number of hydrogen-bond acceptors (Lipinski definition) is 5. The normalized spacial score (nSPS) is 15.0. The molecule has 9 nitrogen and oxygen atoms in total. The Morgan fingerprint density at radius 2 is 1.65 bits per heavy atom. The second-order valence-corrected chi connectivity index (χ2v) is 10.1. The van der Waals surface area contributed by atoms with Crippen LogP contribution in [-0.2, 0) is 14.8 Å². The molecule has 0 radical (unpaired) electrons. The molecule has 0 saturated carbocycles. The van der Waals surface area contributed by atoms with Crippen LogP contribution in [0.25, 0.3) is 0 Å². The van der Waals surface area contributed by atoms with Gasteiger partial charge >= 0.3 is 6.03 Å². The maximum absolute atomic E-state index is 12.9. The maximum Gasteiger partial charge on any atom is 0.319 e. The second-order valence-electron chi connectivity index (χ2n) is 8.45. The standard InChI is InChI=1S/C24H31N5O4S/c1-17(2)22(28-24(31)27-18-10-5-3-6-11-18)23(30)26-19-12-9-13-20(16-19)34(32,33)29-21-14-7-4-8-15-25-21/h3,5-6,9-13,16-17,22H,4,7-8,14-15H2,1-2H3,(H,25,29)(H,26,30)(H2,27,28,31). The Labute approximate surface area is 200 Å². The molecule has 0 fully saturated rings. The number of carbonyl (C=O) groups excluding carboxylic acids is 2. The first-order valence-electron chi connectivity index (χ1n) is 11.3. The van der Waals surface area contributed by atoms with Crippen LogP contribution in [-0.4, -0.2) is 38.8 Å². The van der Waals surface area contributed by atoms with Crippen LogP contribution < -0.4 is 20.7 Å². The molecule has 0 saturated heterocycles. The van der Waals surface area contributed by atoms with E-state index in [9.17, 15) is 18.0 Å². The zero-order valence-electron chi connectivity index (χ0n) is 19.4. The summed E-state index contributed by atoms with van der Waals surface area (Å²) >= 11 is 0. The number of aliphatic imine (C=N–C) groups is 1. The SMILES string of the molecule is CC(C)C(NC(=O)Nc1ccccc1)C(=O)Nc1cccc(S(=O)(=O)NC2=NCCCCC2)c1. The number of sulfonamides is 1. The van der Waals surface area contributed by atoms with Crippen molar-refractivity contribution in [2.45, 2.75) is 50.5 Å². The van der Waals surface area contributed by atoms with E-state index in [2.05, 4.69) is 25.7 Å². The number of nitrogens with zero attached hydrogens (tertiary/aromatic N) is 1. The zero-order chi connectivity index (χ0) is 24.6. The van der Waals surface area contributed by atoms with Crippen LogP contribution in [0.5, 0.6) is 0 Å². The lowest BCUT2D eigenvalue weighted by Gasteiger charge is -2.22.